The molecule has 1 saturated carbocycles. The number of rotatable bonds is 1. The Morgan fingerprint density at radius 2 is 1.83 bits per heavy atom. The SMILES string of the molecule is NC1CCC[C@@H]1c1ccccc1. The second kappa shape index (κ2) is 3.28. The van der Waals surface area contributed by atoms with E-state index < -0.39 is 0 Å². The number of hydrogen-bond donors (Lipinski definition) is 1. The first-order valence-electron chi connectivity index (χ1n) is 4.68. The average molecular weight is 161 g/mol. The molecular formula is C11H15N. The van der Waals surface area contributed by atoms with Gasteiger partial charge in [0.05, 0.1) is 0 Å². The van der Waals surface area contributed by atoms with Crippen molar-refractivity contribution in [3.63, 3.8) is 0 Å². The van der Waals surface area contributed by atoms with Gasteiger partial charge < -0.3 is 5.73 Å². The molecule has 1 fully saturated rings. The summed E-state index contributed by atoms with van der Waals surface area (Å²) >= 11 is 0. The van der Waals surface area contributed by atoms with Crippen molar-refractivity contribution in [2.45, 2.75) is 31.2 Å². The van der Waals surface area contributed by atoms with Crippen molar-refractivity contribution >= 4 is 0 Å². The molecule has 0 heterocycles. The van der Waals surface area contributed by atoms with Gasteiger partial charge in [0.1, 0.15) is 0 Å². The zero-order valence-electron chi connectivity index (χ0n) is 7.24. The molecule has 2 rings (SSSR count). The van der Waals surface area contributed by atoms with Crippen LogP contribution in [0.5, 0.6) is 0 Å². The maximum atomic E-state index is 6.01. The van der Waals surface area contributed by atoms with Gasteiger partial charge in [-0.25, -0.2) is 0 Å². The van der Waals surface area contributed by atoms with E-state index in [0.717, 1.165) is 0 Å². The zero-order chi connectivity index (χ0) is 8.39. The molecule has 0 aromatic heterocycles. The first kappa shape index (κ1) is 7.81. The molecule has 1 aliphatic carbocycles. The molecule has 1 unspecified atom stereocenters. The first-order valence-corrected chi connectivity index (χ1v) is 4.68. The van der Waals surface area contributed by atoms with Crippen LogP contribution in [-0.4, -0.2) is 6.04 Å². The lowest BCUT2D eigenvalue weighted by atomic mass is 9.95. The van der Waals surface area contributed by atoms with Crippen LogP contribution in [0.4, 0.5) is 0 Å². The second-order valence-electron chi connectivity index (χ2n) is 3.61. The molecule has 12 heavy (non-hydrogen) atoms. The van der Waals surface area contributed by atoms with Crippen LogP contribution in [0.15, 0.2) is 30.3 Å². The highest BCUT2D eigenvalue weighted by molar-refractivity contribution is 5.22. The van der Waals surface area contributed by atoms with Crippen LogP contribution in [0.1, 0.15) is 30.7 Å². The number of benzene rings is 1. The Morgan fingerprint density at radius 1 is 1.08 bits per heavy atom. The second-order valence-corrected chi connectivity index (χ2v) is 3.61. The van der Waals surface area contributed by atoms with Gasteiger partial charge in [-0.2, -0.15) is 0 Å². The van der Waals surface area contributed by atoms with Gasteiger partial charge in [-0.1, -0.05) is 36.8 Å². The molecule has 2 atom stereocenters. The summed E-state index contributed by atoms with van der Waals surface area (Å²) in [6, 6.07) is 11.0. The van der Waals surface area contributed by atoms with Gasteiger partial charge in [0, 0.05) is 6.04 Å². The summed E-state index contributed by atoms with van der Waals surface area (Å²) < 4.78 is 0. The van der Waals surface area contributed by atoms with E-state index in [-0.39, 0.29) is 0 Å². The summed E-state index contributed by atoms with van der Waals surface area (Å²) in [5.41, 5.74) is 7.43. The predicted molar refractivity (Wildman–Crippen MR) is 51.0 cm³/mol. The molecule has 0 spiro atoms. The Bertz CT molecular complexity index is 242. The van der Waals surface area contributed by atoms with Crippen LogP contribution in [0.25, 0.3) is 0 Å². The van der Waals surface area contributed by atoms with Crippen LogP contribution in [0.2, 0.25) is 0 Å². The Balaban J connectivity index is 2.19. The molecule has 64 valence electrons. The molecule has 1 aromatic rings. The van der Waals surface area contributed by atoms with Gasteiger partial charge in [0.15, 0.2) is 0 Å². The van der Waals surface area contributed by atoms with Crippen molar-refractivity contribution in [1.82, 2.24) is 0 Å². The molecule has 0 saturated heterocycles. The normalized spacial score (nSPS) is 29.1. The van der Waals surface area contributed by atoms with E-state index in [9.17, 15) is 0 Å². The summed E-state index contributed by atoms with van der Waals surface area (Å²) in [6.07, 6.45) is 3.76. The van der Waals surface area contributed by atoms with Crippen LogP contribution in [-0.2, 0) is 0 Å². The quantitative estimate of drug-likeness (QED) is 0.672. The molecule has 2 N–H and O–H groups in total. The van der Waals surface area contributed by atoms with Crippen molar-refractivity contribution in [2.24, 2.45) is 5.73 Å². The van der Waals surface area contributed by atoms with Crippen molar-refractivity contribution in [3.05, 3.63) is 35.9 Å². The standard InChI is InChI=1S/C11H15N/c12-11-8-4-7-10(11)9-5-2-1-3-6-9/h1-3,5-6,10-11H,4,7-8,12H2/t10-,11?/m1/s1. The minimum absolute atomic E-state index is 0.396. The lowest BCUT2D eigenvalue weighted by molar-refractivity contribution is 0.613. The maximum absolute atomic E-state index is 6.01. The average Bonchev–Trinajstić information content (AvgIpc) is 2.53. The van der Waals surface area contributed by atoms with Crippen molar-refractivity contribution in [1.29, 1.82) is 0 Å². The third-order valence-electron chi connectivity index (χ3n) is 2.80. The Labute approximate surface area is 73.6 Å². The molecule has 0 aliphatic heterocycles. The summed E-state index contributed by atoms with van der Waals surface area (Å²) in [4.78, 5) is 0. The molecule has 1 aliphatic rings. The highest BCUT2D eigenvalue weighted by atomic mass is 14.7. The summed E-state index contributed by atoms with van der Waals surface area (Å²) in [5.74, 6) is 0.617. The lowest BCUT2D eigenvalue weighted by Crippen LogP contribution is -2.22. The summed E-state index contributed by atoms with van der Waals surface area (Å²) in [7, 11) is 0. The van der Waals surface area contributed by atoms with E-state index in [4.69, 9.17) is 5.73 Å². The van der Waals surface area contributed by atoms with Crippen molar-refractivity contribution in [2.75, 3.05) is 0 Å². The van der Waals surface area contributed by atoms with Gasteiger partial charge in [-0.05, 0) is 24.3 Å². The van der Waals surface area contributed by atoms with Crippen LogP contribution in [0, 0.1) is 0 Å². The molecule has 0 amide bonds. The highest BCUT2D eigenvalue weighted by Crippen LogP contribution is 2.32. The van der Waals surface area contributed by atoms with E-state index in [2.05, 4.69) is 30.3 Å². The van der Waals surface area contributed by atoms with E-state index in [1.165, 1.54) is 24.8 Å². The van der Waals surface area contributed by atoms with Crippen LogP contribution in [0.3, 0.4) is 0 Å². The van der Waals surface area contributed by atoms with E-state index in [1.54, 1.807) is 0 Å². The van der Waals surface area contributed by atoms with Gasteiger partial charge in [0.2, 0.25) is 0 Å². The van der Waals surface area contributed by atoms with Gasteiger partial charge in [-0.15, -0.1) is 0 Å². The zero-order valence-corrected chi connectivity index (χ0v) is 7.24. The molecule has 1 heteroatoms. The van der Waals surface area contributed by atoms with Gasteiger partial charge >= 0.3 is 0 Å². The highest BCUT2D eigenvalue weighted by Gasteiger charge is 2.24. The summed E-state index contributed by atoms with van der Waals surface area (Å²) in [6.45, 7) is 0. The fraction of sp³-hybridized carbons (Fsp3) is 0.455. The Kier molecular flexibility index (Phi) is 2.13. The van der Waals surface area contributed by atoms with Crippen LogP contribution >= 0.6 is 0 Å². The molecule has 1 nitrogen and oxygen atoms in total. The maximum Gasteiger partial charge on any atom is 0.0108 e. The monoisotopic (exact) mass is 161 g/mol. The Hall–Kier alpha value is -0.820. The third-order valence-corrected chi connectivity index (χ3v) is 2.80. The van der Waals surface area contributed by atoms with E-state index in [1.807, 2.05) is 0 Å². The molecular weight excluding hydrogens is 146 g/mol. The fourth-order valence-corrected chi connectivity index (χ4v) is 2.10. The van der Waals surface area contributed by atoms with Gasteiger partial charge in [0.25, 0.3) is 0 Å². The molecule has 1 aromatic carbocycles. The minimum Gasteiger partial charge on any atom is -0.327 e. The van der Waals surface area contributed by atoms with Crippen LogP contribution < -0.4 is 5.73 Å². The molecule has 0 bridgehead atoms. The van der Waals surface area contributed by atoms with Gasteiger partial charge in [-0.3, -0.25) is 0 Å². The third kappa shape index (κ3) is 1.37. The fourth-order valence-electron chi connectivity index (χ4n) is 2.10. The molecule has 0 radical (unpaired) electrons. The van der Waals surface area contributed by atoms with Crippen molar-refractivity contribution in [3.8, 4) is 0 Å². The largest absolute Gasteiger partial charge is 0.327 e. The number of nitrogens with two attached hydrogens (primary N) is 1. The van der Waals surface area contributed by atoms with E-state index >= 15 is 0 Å². The first-order chi connectivity index (χ1) is 5.88. The lowest BCUT2D eigenvalue weighted by Gasteiger charge is -2.14. The smallest absolute Gasteiger partial charge is 0.0108 e. The topological polar surface area (TPSA) is 26.0 Å². The summed E-state index contributed by atoms with van der Waals surface area (Å²) in [5, 5.41) is 0. The predicted octanol–water partition coefficient (Wildman–Crippen LogP) is 2.28. The van der Waals surface area contributed by atoms with Crippen molar-refractivity contribution < 1.29 is 0 Å². The minimum atomic E-state index is 0.396. The Morgan fingerprint density at radius 3 is 2.42 bits per heavy atom. The van der Waals surface area contributed by atoms with E-state index in [0.29, 0.717) is 12.0 Å². The number of hydrogen-bond acceptors (Lipinski definition) is 1.